The third-order valence-electron chi connectivity index (χ3n) is 2.68. The Morgan fingerprint density at radius 1 is 1.56 bits per heavy atom. The van der Waals surface area contributed by atoms with Gasteiger partial charge in [0.05, 0.1) is 17.6 Å². The Morgan fingerprint density at radius 2 is 2.33 bits per heavy atom. The van der Waals surface area contributed by atoms with Crippen molar-refractivity contribution in [1.82, 2.24) is 14.8 Å². The van der Waals surface area contributed by atoms with Crippen molar-refractivity contribution in [3.8, 4) is 0 Å². The number of amides is 1. The average Bonchev–Trinajstić information content (AvgIpc) is 2.62. The van der Waals surface area contributed by atoms with Crippen molar-refractivity contribution in [1.29, 1.82) is 0 Å². The highest BCUT2D eigenvalue weighted by atomic mass is 32.2. The third-order valence-corrected chi connectivity index (χ3v) is 3.29. The van der Waals surface area contributed by atoms with Gasteiger partial charge in [-0.3, -0.25) is 9.48 Å². The van der Waals surface area contributed by atoms with E-state index >= 15 is 0 Å². The van der Waals surface area contributed by atoms with E-state index in [-0.39, 0.29) is 5.91 Å². The first kappa shape index (κ1) is 12.9. The van der Waals surface area contributed by atoms with E-state index in [2.05, 4.69) is 15.4 Å². The lowest BCUT2D eigenvalue weighted by Gasteiger charge is -2.04. The molecule has 0 saturated carbocycles. The predicted molar refractivity (Wildman–Crippen MR) is 74.9 cm³/mol. The summed E-state index contributed by atoms with van der Waals surface area (Å²) in [7, 11) is 1.86. The highest BCUT2D eigenvalue weighted by Crippen LogP contribution is 2.19. The second-order valence-corrected chi connectivity index (χ2v) is 5.08. The van der Waals surface area contributed by atoms with E-state index in [0.29, 0.717) is 6.42 Å². The summed E-state index contributed by atoms with van der Waals surface area (Å²) < 4.78 is 1.74. The van der Waals surface area contributed by atoms with Gasteiger partial charge in [-0.1, -0.05) is 0 Å². The molecule has 0 radical (unpaired) electrons. The Hall–Kier alpha value is -1.56. The molecule has 0 spiro atoms. The van der Waals surface area contributed by atoms with Gasteiger partial charge >= 0.3 is 0 Å². The minimum Gasteiger partial charge on any atom is -0.325 e. The number of nitrogens with one attached hydrogen (secondary N) is 1. The number of thioether (sulfide) groups is 1. The van der Waals surface area contributed by atoms with E-state index < -0.39 is 0 Å². The molecule has 0 unspecified atom stereocenters. The number of rotatable bonds is 4. The summed E-state index contributed by atoms with van der Waals surface area (Å²) in [4.78, 5) is 15.9. The molecule has 0 bridgehead atoms. The van der Waals surface area contributed by atoms with Crippen LogP contribution in [0.1, 0.15) is 12.1 Å². The predicted octanol–water partition coefficient (Wildman–Crippen LogP) is 1.97. The maximum atomic E-state index is 11.6. The van der Waals surface area contributed by atoms with E-state index in [1.807, 2.05) is 26.3 Å². The van der Waals surface area contributed by atoms with Gasteiger partial charge in [-0.2, -0.15) is 16.9 Å². The molecule has 0 aromatic carbocycles. The summed E-state index contributed by atoms with van der Waals surface area (Å²) >= 11 is 1.66. The summed E-state index contributed by atoms with van der Waals surface area (Å²) in [6, 6.07) is 1.92. The second-order valence-electron chi connectivity index (χ2n) is 4.10. The number of aromatic nitrogens is 3. The van der Waals surface area contributed by atoms with Crippen LogP contribution in [0.5, 0.6) is 0 Å². The Balaban J connectivity index is 2.20. The molecule has 2 aromatic rings. The number of carbonyl (C=O) groups excluding carboxylic acids is 1. The van der Waals surface area contributed by atoms with Gasteiger partial charge < -0.3 is 5.32 Å². The van der Waals surface area contributed by atoms with Crippen LogP contribution >= 0.6 is 11.8 Å². The van der Waals surface area contributed by atoms with Crippen LogP contribution in [-0.4, -0.2) is 32.7 Å². The van der Waals surface area contributed by atoms with Crippen LogP contribution in [-0.2, 0) is 11.8 Å². The summed E-state index contributed by atoms with van der Waals surface area (Å²) in [6.45, 7) is 1.93. The van der Waals surface area contributed by atoms with E-state index in [9.17, 15) is 4.79 Å². The molecule has 1 amide bonds. The normalized spacial score (nSPS) is 10.8. The van der Waals surface area contributed by atoms with Crippen LogP contribution in [0.3, 0.4) is 0 Å². The minimum atomic E-state index is 0.0204. The van der Waals surface area contributed by atoms with Crippen molar-refractivity contribution >= 4 is 34.4 Å². The molecule has 0 aliphatic carbocycles. The lowest BCUT2D eigenvalue weighted by Crippen LogP contribution is -2.12. The van der Waals surface area contributed by atoms with Crippen LogP contribution in [0.4, 0.5) is 5.69 Å². The van der Waals surface area contributed by atoms with E-state index in [4.69, 9.17) is 0 Å². The van der Waals surface area contributed by atoms with E-state index in [1.54, 1.807) is 22.6 Å². The Labute approximate surface area is 110 Å². The zero-order valence-corrected chi connectivity index (χ0v) is 11.5. The molecular formula is C12H16N4OS. The third kappa shape index (κ3) is 2.64. The summed E-state index contributed by atoms with van der Waals surface area (Å²) in [5, 5.41) is 8.12. The summed E-state index contributed by atoms with van der Waals surface area (Å²) in [5.41, 5.74) is 2.47. The van der Waals surface area contributed by atoms with Crippen molar-refractivity contribution in [3.05, 3.63) is 18.0 Å². The second kappa shape index (κ2) is 5.39. The molecule has 6 heteroatoms. The van der Waals surface area contributed by atoms with Crippen LogP contribution in [0.2, 0.25) is 0 Å². The fourth-order valence-electron chi connectivity index (χ4n) is 1.79. The molecule has 1 N–H and O–H groups in total. The van der Waals surface area contributed by atoms with Gasteiger partial charge in [-0.15, -0.1) is 0 Å². The number of fused-ring (bicyclic) bond motifs is 1. The Bertz CT molecular complexity index is 579. The van der Waals surface area contributed by atoms with Crippen molar-refractivity contribution in [2.24, 2.45) is 7.05 Å². The standard InChI is InChI=1S/C12H16N4OS/c1-8-10-6-9(14-11(17)4-5-18-3)7-13-12(10)16(2)15-8/h6-7H,4-5H2,1-3H3,(H,14,17). The van der Waals surface area contributed by atoms with Gasteiger partial charge in [0.15, 0.2) is 5.65 Å². The van der Waals surface area contributed by atoms with Gasteiger partial charge in [0.2, 0.25) is 5.91 Å². The van der Waals surface area contributed by atoms with Gasteiger partial charge in [0.25, 0.3) is 0 Å². The maximum absolute atomic E-state index is 11.6. The van der Waals surface area contributed by atoms with Crippen molar-refractivity contribution in [3.63, 3.8) is 0 Å². The minimum absolute atomic E-state index is 0.0204. The summed E-state index contributed by atoms with van der Waals surface area (Å²) in [6.07, 6.45) is 4.17. The van der Waals surface area contributed by atoms with Crippen LogP contribution in [0, 0.1) is 6.92 Å². The Morgan fingerprint density at radius 3 is 3.06 bits per heavy atom. The van der Waals surface area contributed by atoms with Crippen LogP contribution in [0.15, 0.2) is 12.3 Å². The van der Waals surface area contributed by atoms with Crippen LogP contribution in [0.25, 0.3) is 11.0 Å². The molecule has 2 aromatic heterocycles. The maximum Gasteiger partial charge on any atom is 0.225 e. The first-order valence-corrected chi connectivity index (χ1v) is 7.09. The van der Waals surface area contributed by atoms with Gasteiger partial charge in [-0.05, 0) is 19.2 Å². The van der Waals surface area contributed by atoms with Crippen molar-refractivity contribution < 1.29 is 4.79 Å². The highest BCUT2D eigenvalue weighted by Gasteiger charge is 2.08. The number of anilines is 1. The number of pyridine rings is 1. The van der Waals surface area contributed by atoms with E-state index in [0.717, 1.165) is 28.2 Å². The topological polar surface area (TPSA) is 59.8 Å². The molecule has 0 saturated heterocycles. The molecular weight excluding hydrogens is 248 g/mol. The number of carbonyl (C=O) groups is 1. The zero-order valence-electron chi connectivity index (χ0n) is 10.7. The van der Waals surface area contributed by atoms with Gasteiger partial charge in [-0.25, -0.2) is 4.98 Å². The SMILES string of the molecule is CSCCC(=O)Nc1cnc2c(c1)c(C)nn2C. The average molecular weight is 264 g/mol. The zero-order chi connectivity index (χ0) is 13.1. The Kier molecular flexibility index (Phi) is 3.86. The molecule has 2 heterocycles. The molecule has 2 rings (SSSR count). The molecule has 18 heavy (non-hydrogen) atoms. The first-order chi connectivity index (χ1) is 8.61. The van der Waals surface area contributed by atoms with Crippen molar-refractivity contribution in [2.45, 2.75) is 13.3 Å². The quantitative estimate of drug-likeness (QED) is 0.917. The number of hydrogen-bond acceptors (Lipinski definition) is 4. The molecule has 0 aliphatic rings. The number of hydrogen-bond donors (Lipinski definition) is 1. The first-order valence-electron chi connectivity index (χ1n) is 5.70. The molecule has 0 fully saturated rings. The van der Waals surface area contributed by atoms with E-state index in [1.165, 1.54) is 0 Å². The van der Waals surface area contributed by atoms with Gasteiger partial charge in [0, 0.05) is 24.6 Å². The fraction of sp³-hybridized carbons (Fsp3) is 0.417. The smallest absolute Gasteiger partial charge is 0.225 e. The number of nitrogens with zero attached hydrogens (tertiary/aromatic N) is 3. The van der Waals surface area contributed by atoms with Gasteiger partial charge in [0.1, 0.15) is 0 Å². The molecule has 5 nitrogen and oxygen atoms in total. The monoisotopic (exact) mass is 264 g/mol. The van der Waals surface area contributed by atoms with Crippen molar-refractivity contribution in [2.75, 3.05) is 17.3 Å². The van der Waals surface area contributed by atoms with Crippen LogP contribution < -0.4 is 5.32 Å². The lowest BCUT2D eigenvalue weighted by atomic mass is 10.2. The molecule has 96 valence electrons. The fourth-order valence-corrected chi connectivity index (χ4v) is 2.18. The molecule has 0 aliphatic heterocycles. The summed E-state index contributed by atoms with van der Waals surface area (Å²) in [5.74, 6) is 0.847. The number of aryl methyl sites for hydroxylation is 2. The highest BCUT2D eigenvalue weighted by molar-refractivity contribution is 7.98. The lowest BCUT2D eigenvalue weighted by molar-refractivity contribution is -0.115. The largest absolute Gasteiger partial charge is 0.325 e. The molecule has 0 atom stereocenters.